The number of hydrogen-bond acceptors (Lipinski definition) is 3. The number of nitrogens with zero attached hydrogens (tertiary/aromatic N) is 1. The maximum atomic E-state index is 12.3. The zero-order chi connectivity index (χ0) is 14.9. The molecule has 20 heavy (non-hydrogen) atoms. The summed E-state index contributed by atoms with van der Waals surface area (Å²) in [6, 6.07) is 6.12. The summed E-state index contributed by atoms with van der Waals surface area (Å²) in [7, 11) is -3.80. The predicted molar refractivity (Wildman–Crippen MR) is 83.9 cm³/mol. The van der Waals surface area contributed by atoms with Gasteiger partial charge in [-0.2, -0.15) is 0 Å². The summed E-state index contributed by atoms with van der Waals surface area (Å²) >= 11 is 14.8. The molecule has 1 N–H and O–H groups in total. The minimum absolute atomic E-state index is 0.00444. The molecular weight excluding hydrogens is 387 g/mol. The Morgan fingerprint density at radius 1 is 1.20 bits per heavy atom. The molecule has 1 aromatic carbocycles. The Morgan fingerprint density at radius 3 is 2.50 bits per heavy atom. The van der Waals surface area contributed by atoms with Gasteiger partial charge in [-0.15, -0.1) is 0 Å². The van der Waals surface area contributed by atoms with Crippen molar-refractivity contribution in [3.63, 3.8) is 0 Å². The average Bonchev–Trinajstić information content (AvgIpc) is 2.33. The SMILES string of the molecule is Cc1ccnc(NS(=O)(=O)c2cc(Cl)c(Cl)cc2Br)c1. The molecule has 0 fully saturated rings. The Hall–Kier alpha value is -0.820. The molecule has 0 spiro atoms. The van der Waals surface area contributed by atoms with Crippen molar-refractivity contribution < 1.29 is 8.42 Å². The van der Waals surface area contributed by atoms with Crippen LogP contribution in [0.25, 0.3) is 0 Å². The van der Waals surface area contributed by atoms with Gasteiger partial charge in [0, 0.05) is 10.7 Å². The van der Waals surface area contributed by atoms with Gasteiger partial charge in [-0.25, -0.2) is 13.4 Å². The Bertz CT molecular complexity index is 766. The normalized spacial score (nSPS) is 11.4. The number of sulfonamides is 1. The number of nitrogens with one attached hydrogen (secondary N) is 1. The van der Waals surface area contributed by atoms with Crippen LogP contribution < -0.4 is 4.72 Å². The van der Waals surface area contributed by atoms with E-state index in [1.54, 1.807) is 12.1 Å². The van der Waals surface area contributed by atoms with Crippen LogP contribution in [-0.2, 0) is 10.0 Å². The van der Waals surface area contributed by atoms with Gasteiger partial charge in [0.1, 0.15) is 10.7 Å². The van der Waals surface area contributed by atoms with Crippen LogP contribution in [0.4, 0.5) is 5.82 Å². The summed E-state index contributed by atoms with van der Waals surface area (Å²) in [5.74, 6) is 0.239. The van der Waals surface area contributed by atoms with E-state index in [1.165, 1.54) is 18.3 Å². The summed E-state index contributed by atoms with van der Waals surface area (Å²) in [6.45, 7) is 1.84. The van der Waals surface area contributed by atoms with Crippen molar-refractivity contribution in [2.45, 2.75) is 11.8 Å². The third-order valence-corrected chi connectivity index (χ3v) is 5.45. The minimum Gasteiger partial charge on any atom is -0.263 e. The molecule has 106 valence electrons. The maximum Gasteiger partial charge on any atom is 0.264 e. The molecule has 0 saturated heterocycles. The molecule has 0 bridgehead atoms. The largest absolute Gasteiger partial charge is 0.264 e. The first kappa shape index (κ1) is 15.6. The van der Waals surface area contributed by atoms with Crippen molar-refractivity contribution in [1.82, 2.24) is 4.98 Å². The molecule has 2 rings (SSSR count). The third-order valence-electron chi connectivity index (χ3n) is 2.42. The smallest absolute Gasteiger partial charge is 0.263 e. The number of aromatic nitrogens is 1. The quantitative estimate of drug-likeness (QED) is 0.789. The predicted octanol–water partition coefficient (Wildman–Crippen LogP) is 4.26. The summed E-state index contributed by atoms with van der Waals surface area (Å²) < 4.78 is 27.3. The fourth-order valence-electron chi connectivity index (χ4n) is 1.49. The lowest BCUT2D eigenvalue weighted by Crippen LogP contribution is -2.14. The van der Waals surface area contributed by atoms with Crippen molar-refractivity contribution >= 4 is 55.0 Å². The Balaban J connectivity index is 2.43. The molecule has 0 atom stereocenters. The molecular formula is C12H9BrCl2N2O2S. The van der Waals surface area contributed by atoms with Crippen LogP contribution in [0.5, 0.6) is 0 Å². The van der Waals surface area contributed by atoms with Crippen molar-refractivity contribution in [2.24, 2.45) is 0 Å². The number of rotatable bonds is 3. The fraction of sp³-hybridized carbons (Fsp3) is 0.0833. The van der Waals surface area contributed by atoms with E-state index in [9.17, 15) is 8.42 Å². The highest BCUT2D eigenvalue weighted by Crippen LogP contribution is 2.32. The van der Waals surface area contributed by atoms with E-state index in [1.807, 2.05) is 6.92 Å². The third kappa shape index (κ3) is 3.44. The van der Waals surface area contributed by atoms with E-state index in [0.29, 0.717) is 4.47 Å². The number of hydrogen-bond donors (Lipinski definition) is 1. The number of pyridine rings is 1. The van der Waals surface area contributed by atoms with E-state index in [0.717, 1.165) is 5.56 Å². The van der Waals surface area contributed by atoms with Crippen molar-refractivity contribution in [1.29, 1.82) is 0 Å². The summed E-state index contributed by atoms with van der Waals surface area (Å²) in [5, 5.41) is 0.429. The van der Waals surface area contributed by atoms with Crippen molar-refractivity contribution in [3.8, 4) is 0 Å². The van der Waals surface area contributed by atoms with E-state index in [2.05, 4.69) is 25.6 Å². The van der Waals surface area contributed by atoms with Crippen LogP contribution in [0.3, 0.4) is 0 Å². The number of aryl methyl sites for hydroxylation is 1. The molecule has 0 unspecified atom stereocenters. The van der Waals surface area contributed by atoms with Gasteiger partial charge >= 0.3 is 0 Å². The molecule has 0 amide bonds. The Morgan fingerprint density at radius 2 is 1.85 bits per heavy atom. The average molecular weight is 396 g/mol. The fourth-order valence-corrected chi connectivity index (χ4v) is 4.09. The van der Waals surface area contributed by atoms with E-state index >= 15 is 0 Å². The first-order chi connectivity index (χ1) is 9.29. The van der Waals surface area contributed by atoms with Crippen LogP contribution in [0.2, 0.25) is 10.0 Å². The summed E-state index contributed by atoms with van der Waals surface area (Å²) in [4.78, 5) is 3.95. The zero-order valence-electron chi connectivity index (χ0n) is 10.2. The highest BCUT2D eigenvalue weighted by Gasteiger charge is 2.20. The molecule has 4 nitrogen and oxygen atoms in total. The van der Waals surface area contributed by atoms with Gasteiger partial charge in [0.25, 0.3) is 10.0 Å². The van der Waals surface area contributed by atoms with Crippen LogP contribution in [0.15, 0.2) is 39.8 Å². The van der Waals surface area contributed by atoms with Gasteiger partial charge < -0.3 is 0 Å². The molecule has 0 saturated carbocycles. The molecule has 0 aliphatic heterocycles. The van der Waals surface area contributed by atoms with Crippen LogP contribution in [0, 0.1) is 6.92 Å². The molecule has 8 heteroatoms. The van der Waals surface area contributed by atoms with Gasteiger partial charge in [0.15, 0.2) is 0 Å². The van der Waals surface area contributed by atoms with Gasteiger partial charge in [0.2, 0.25) is 0 Å². The van der Waals surface area contributed by atoms with E-state index in [4.69, 9.17) is 23.2 Å². The molecule has 1 heterocycles. The minimum atomic E-state index is -3.80. The van der Waals surface area contributed by atoms with Crippen LogP contribution >= 0.6 is 39.1 Å². The standard InChI is InChI=1S/C12H9BrCl2N2O2S/c1-7-2-3-16-12(4-7)17-20(18,19)11-6-10(15)9(14)5-8(11)13/h2-6H,1H3,(H,16,17). The van der Waals surface area contributed by atoms with Crippen molar-refractivity contribution in [3.05, 3.63) is 50.5 Å². The van der Waals surface area contributed by atoms with Gasteiger partial charge in [-0.3, -0.25) is 4.72 Å². The molecule has 2 aromatic rings. The molecule has 1 aromatic heterocycles. The number of anilines is 1. The highest BCUT2D eigenvalue weighted by molar-refractivity contribution is 9.10. The van der Waals surface area contributed by atoms with Gasteiger partial charge in [-0.1, -0.05) is 23.2 Å². The monoisotopic (exact) mass is 394 g/mol. The molecule has 0 aliphatic rings. The topological polar surface area (TPSA) is 59.1 Å². The van der Waals surface area contributed by atoms with Crippen LogP contribution in [-0.4, -0.2) is 13.4 Å². The maximum absolute atomic E-state index is 12.3. The second-order valence-corrected chi connectivity index (χ2v) is 7.34. The first-order valence-corrected chi connectivity index (χ1v) is 8.43. The lowest BCUT2D eigenvalue weighted by Gasteiger charge is -2.10. The molecule has 0 radical (unpaired) electrons. The number of benzene rings is 1. The second-order valence-electron chi connectivity index (χ2n) is 4.02. The molecule has 0 aliphatic carbocycles. The Kier molecular flexibility index (Phi) is 4.59. The van der Waals surface area contributed by atoms with Gasteiger partial charge in [-0.05, 0) is 52.7 Å². The second kappa shape index (κ2) is 5.89. The zero-order valence-corrected chi connectivity index (χ0v) is 14.1. The van der Waals surface area contributed by atoms with E-state index < -0.39 is 10.0 Å². The van der Waals surface area contributed by atoms with Crippen molar-refractivity contribution in [2.75, 3.05) is 4.72 Å². The summed E-state index contributed by atoms with van der Waals surface area (Å²) in [6.07, 6.45) is 1.52. The lowest BCUT2D eigenvalue weighted by molar-refractivity contribution is 0.600. The highest BCUT2D eigenvalue weighted by atomic mass is 79.9. The summed E-state index contributed by atoms with van der Waals surface area (Å²) in [5.41, 5.74) is 0.894. The Labute approximate surface area is 135 Å². The van der Waals surface area contributed by atoms with Crippen LogP contribution in [0.1, 0.15) is 5.56 Å². The lowest BCUT2D eigenvalue weighted by atomic mass is 10.3. The number of halogens is 3. The van der Waals surface area contributed by atoms with E-state index in [-0.39, 0.29) is 20.8 Å². The van der Waals surface area contributed by atoms with Gasteiger partial charge in [0.05, 0.1) is 10.0 Å². The first-order valence-electron chi connectivity index (χ1n) is 5.39.